The number of nitrogens with zero attached hydrogens (tertiary/aromatic N) is 1. The lowest BCUT2D eigenvalue weighted by Gasteiger charge is -2.26. The number of aromatic amines is 1. The summed E-state index contributed by atoms with van der Waals surface area (Å²) in [6.07, 6.45) is 5.58. The number of nitrogens with two attached hydrogens (primary N) is 1. The molecule has 1 aromatic rings. The van der Waals surface area contributed by atoms with Gasteiger partial charge in [0.15, 0.2) is 0 Å². The quantitative estimate of drug-likeness (QED) is 0.156. The van der Waals surface area contributed by atoms with Crippen molar-refractivity contribution in [3.05, 3.63) is 18.2 Å². The van der Waals surface area contributed by atoms with E-state index in [9.17, 15) is 24.3 Å². The van der Waals surface area contributed by atoms with Crippen LogP contribution >= 0.6 is 11.8 Å². The molecule has 1 aromatic heterocycles. The average molecular weight is 487 g/mol. The third-order valence-electron chi connectivity index (χ3n) is 5.17. The first-order valence-corrected chi connectivity index (χ1v) is 12.0. The van der Waals surface area contributed by atoms with E-state index >= 15 is 0 Å². The van der Waals surface area contributed by atoms with Gasteiger partial charge < -0.3 is 36.9 Å². The van der Waals surface area contributed by atoms with E-state index in [1.807, 2.05) is 13.2 Å². The van der Waals surface area contributed by atoms with Crippen LogP contribution in [0.3, 0.4) is 0 Å². The van der Waals surface area contributed by atoms with Crippen molar-refractivity contribution in [1.29, 1.82) is 0 Å². The van der Waals surface area contributed by atoms with Crippen molar-refractivity contribution in [1.82, 2.24) is 25.9 Å². The van der Waals surface area contributed by atoms with Crippen molar-refractivity contribution in [3.63, 3.8) is 0 Å². The van der Waals surface area contributed by atoms with Crippen molar-refractivity contribution in [2.24, 2.45) is 11.7 Å². The third kappa shape index (κ3) is 9.40. The van der Waals surface area contributed by atoms with E-state index in [0.29, 0.717) is 17.9 Å². The van der Waals surface area contributed by atoms with Crippen LogP contribution in [0.25, 0.3) is 0 Å². The minimum absolute atomic E-state index is 0.0389. The Morgan fingerprint density at radius 3 is 2.30 bits per heavy atom. The molecule has 13 heteroatoms. The highest BCUT2D eigenvalue weighted by atomic mass is 32.2. The summed E-state index contributed by atoms with van der Waals surface area (Å²) in [6, 6.07) is -4.43. The normalized spacial score (nSPS) is 15.5. The zero-order chi connectivity index (χ0) is 25.0. The van der Waals surface area contributed by atoms with E-state index in [4.69, 9.17) is 10.8 Å². The van der Waals surface area contributed by atoms with Crippen LogP contribution in [0, 0.1) is 5.92 Å². The molecule has 5 atom stereocenters. The summed E-state index contributed by atoms with van der Waals surface area (Å²) >= 11 is 1.47. The number of aliphatic hydroxyl groups excluding tert-OH is 1. The van der Waals surface area contributed by atoms with E-state index in [-0.39, 0.29) is 18.8 Å². The SMILES string of the molecule is CCC(C)C(NC(=O)C(CCSC)NC(=O)C(Cc1cnc[nH]1)NC(=O)C(N)CO)C(=O)O. The van der Waals surface area contributed by atoms with Crippen LogP contribution in [0.2, 0.25) is 0 Å². The Hall–Kier alpha value is -2.64. The van der Waals surface area contributed by atoms with Gasteiger partial charge in [0.1, 0.15) is 24.2 Å². The number of thioether (sulfide) groups is 1. The minimum Gasteiger partial charge on any atom is -0.480 e. The molecular weight excluding hydrogens is 452 g/mol. The minimum atomic E-state index is -1.22. The van der Waals surface area contributed by atoms with Crippen LogP contribution in [0.5, 0.6) is 0 Å². The zero-order valence-corrected chi connectivity index (χ0v) is 19.9. The highest BCUT2D eigenvalue weighted by Crippen LogP contribution is 2.10. The lowest BCUT2D eigenvalue weighted by atomic mass is 9.98. The number of hydrogen-bond donors (Lipinski definition) is 7. The number of carboxylic acids is 1. The smallest absolute Gasteiger partial charge is 0.326 e. The predicted octanol–water partition coefficient (Wildman–Crippen LogP) is -1.39. The van der Waals surface area contributed by atoms with Gasteiger partial charge in [-0.05, 0) is 24.3 Å². The summed E-state index contributed by atoms with van der Waals surface area (Å²) in [4.78, 5) is 56.4. The van der Waals surface area contributed by atoms with Crippen LogP contribution in [-0.2, 0) is 25.6 Å². The fourth-order valence-electron chi connectivity index (χ4n) is 2.90. The number of carbonyl (C=O) groups excluding carboxylic acids is 3. The Bertz CT molecular complexity index is 777. The molecule has 0 spiro atoms. The van der Waals surface area contributed by atoms with Gasteiger partial charge in [-0.3, -0.25) is 14.4 Å². The van der Waals surface area contributed by atoms with Crippen molar-refractivity contribution >= 4 is 35.5 Å². The molecule has 12 nitrogen and oxygen atoms in total. The number of aliphatic carboxylic acids is 1. The number of hydrogen-bond acceptors (Lipinski definition) is 8. The maximum absolute atomic E-state index is 13.0. The number of imidazole rings is 1. The van der Waals surface area contributed by atoms with Crippen LogP contribution in [0.4, 0.5) is 0 Å². The first kappa shape index (κ1) is 28.4. The molecule has 8 N–H and O–H groups in total. The maximum Gasteiger partial charge on any atom is 0.326 e. The summed E-state index contributed by atoms with van der Waals surface area (Å²) in [5, 5.41) is 26.2. The molecule has 3 amide bonds. The third-order valence-corrected chi connectivity index (χ3v) is 5.81. The molecule has 0 saturated carbocycles. The molecule has 33 heavy (non-hydrogen) atoms. The van der Waals surface area contributed by atoms with E-state index in [2.05, 4.69) is 25.9 Å². The Labute approximate surface area is 196 Å². The van der Waals surface area contributed by atoms with E-state index < -0.39 is 54.5 Å². The second kappa shape index (κ2) is 14.5. The van der Waals surface area contributed by atoms with E-state index in [1.54, 1.807) is 6.92 Å². The predicted molar refractivity (Wildman–Crippen MR) is 123 cm³/mol. The molecule has 0 fully saturated rings. The molecule has 0 aliphatic heterocycles. The van der Waals surface area contributed by atoms with Crippen LogP contribution in [0.15, 0.2) is 12.5 Å². The molecule has 5 unspecified atom stereocenters. The molecule has 0 aliphatic carbocycles. The topological polar surface area (TPSA) is 200 Å². The van der Waals surface area contributed by atoms with Gasteiger partial charge in [-0.2, -0.15) is 11.8 Å². The second-order valence-electron chi connectivity index (χ2n) is 7.68. The molecular formula is C20H34N6O6S. The Kier molecular flexibility index (Phi) is 12.5. The van der Waals surface area contributed by atoms with Crippen molar-refractivity contribution in [2.75, 3.05) is 18.6 Å². The number of aliphatic hydroxyl groups is 1. The summed E-state index contributed by atoms with van der Waals surface area (Å²) in [5.41, 5.74) is 6.10. The van der Waals surface area contributed by atoms with Crippen molar-refractivity contribution < 1.29 is 29.4 Å². The van der Waals surface area contributed by atoms with Gasteiger partial charge in [0.25, 0.3) is 0 Å². The lowest BCUT2D eigenvalue weighted by Crippen LogP contribution is -2.58. The highest BCUT2D eigenvalue weighted by Gasteiger charge is 2.32. The van der Waals surface area contributed by atoms with E-state index in [0.717, 1.165) is 0 Å². The molecule has 0 saturated heterocycles. The van der Waals surface area contributed by atoms with Crippen molar-refractivity contribution in [2.45, 2.75) is 57.3 Å². The highest BCUT2D eigenvalue weighted by molar-refractivity contribution is 7.98. The van der Waals surface area contributed by atoms with Crippen LogP contribution in [-0.4, -0.2) is 86.7 Å². The Morgan fingerprint density at radius 1 is 1.15 bits per heavy atom. The fraction of sp³-hybridized carbons (Fsp3) is 0.650. The number of rotatable bonds is 15. The van der Waals surface area contributed by atoms with Gasteiger partial charge >= 0.3 is 5.97 Å². The monoisotopic (exact) mass is 486 g/mol. The number of H-pyrrole nitrogens is 1. The number of aromatic nitrogens is 2. The van der Waals surface area contributed by atoms with Gasteiger partial charge in [-0.1, -0.05) is 20.3 Å². The summed E-state index contributed by atoms with van der Waals surface area (Å²) < 4.78 is 0. The molecule has 1 heterocycles. The number of amides is 3. The van der Waals surface area contributed by atoms with Crippen LogP contribution < -0.4 is 21.7 Å². The average Bonchev–Trinajstić information content (AvgIpc) is 3.31. The van der Waals surface area contributed by atoms with Crippen LogP contribution in [0.1, 0.15) is 32.4 Å². The number of nitrogens with one attached hydrogen (secondary N) is 4. The number of carbonyl (C=O) groups is 4. The summed E-state index contributed by atoms with van der Waals surface area (Å²) in [6.45, 7) is 2.93. The van der Waals surface area contributed by atoms with E-state index in [1.165, 1.54) is 24.3 Å². The molecule has 0 aromatic carbocycles. The number of carboxylic acid groups (broad SMARTS) is 1. The molecule has 1 rings (SSSR count). The molecule has 0 radical (unpaired) electrons. The van der Waals surface area contributed by atoms with Gasteiger partial charge in [0.05, 0.1) is 12.9 Å². The zero-order valence-electron chi connectivity index (χ0n) is 19.0. The molecule has 186 valence electrons. The standard InChI is InChI=1S/C20H34N6O6S/c1-4-11(2)16(20(31)32)26-18(29)14(5-6-33-3)24-19(30)15(7-12-8-22-10-23-12)25-17(28)13(21)9-27/h8,10-11,13-16,27H,4-7,9,21H2,1-3H3,(H,22,23)(H,24,30)(H,25,28)(H,26,29)(H,31,32). The fourth-order valence-corrected chi connectivity index (χ4v) is 3.37. The summed E-state index contributed by atoms with van der Waals surface area (Å²) in [7, 11) is 0. The van der Waals surface area contributed by atoms with Gasteiger partial charge in [-0.15, -0.1) is 0 Å². The van der Waals surface area contributed by atoms with Crippen molar-refractivity contribution in [3.8, 4) is 0 Å². The first-order valence-electron chi connectivity index (χ1n) is 10.6. The van der Waals surface area contributed by atoms with Gasteiger partial charge in [0, 0.05) is 18.3 Å². The van der Waals surface area contributed by atoms with Gasteiger partial charge in [0.2, 0.25) is 17.7 Å². The Morgan fingerprint density at radius 2 is 1.79 bits per heavy atom. The lowest BCUT2D eigenvalue weighted by molar-refractivity contribution is -0.143. The maximum atomic E-state index is 13.0. The molecule has 0 bridgehead atoms. The van der Waals surface area contributed by atoms with Gasteiger partial charge in [-0.25, -0.2) is 9.78 Å². The summed E-state index contributed by atoms with van der Waals surface area (Å²) in [5.74, 6) is -2.94. The molecule has 0 aliphatic rings. The first-order chi connectivity index (χ1) is 15.6. The Balaban J connectivity index is 3.02. The largest absolute Gasteiger partial charge is 0.480 e. The second-order valence-corrected chi connectivity index (χ2v) is 8.67.